The highest BCUT2D eigenvalue weighted by Gasteiger charge is 2.31. The van der Waals surface area contributed by atoms with Crippen LogP contribution in [0.1, 0.15) is 50.3 Å². The average Bonchev–Trinajstić information content (AvgIpc) is 3.15. The summed E-state index contributed by atoms with van der Waals surface area (Å²) in [7, 11) is 0. The first-order valence-electron chi connectivity index (χ1n) is 9.01. The van der Waals surface area contributed by atoms with Gasteiger partial charge in [-0.05, 0) is 37.0 Å². The molecule has 2 unspecified atom stereocenters. The second-order valence-corrected chi connectivity index (χ2v) is 6.76. The zero-order valence-electron chi connectivity index (χ0n) is 15.2. The molecule has 1 aromatic carbocycles. The molecule has 0 saturated carbocycles. The molecule has 0 spiro atoms. The molecule has 0 N–H and O–H groups in total. The number of amides is 2. The first-order chi connectivity index (χ1) is 12.5. The average molecular weight is 356 g/mol. The van der Waals surface area contributed by atoms with Crippen LogP contribution in [0, 0.1) is 0 Å². The fourth-order valence-corrected chi connectivity index (χ4v) is 3.56. The monoisotopic (exact) mass is 356 g/mol. The Labute approximate surface area is 153 Å². The quantitative estimate of drug-likeness (QED) is 0.778. The van der Waals surface area contributed by atoms with Gasteiger partial charge in [-0.15, -0.1) is 0 Å². The molecule has 1 aromatic rings. The van der Waals surface area contributed by atoms with Crippen molar-refractivity contribution in [2.75, 3.05) is 13.1 Å². The van der Waals surface area contributed by atoms with Crippen LogP contribution in [-0.2, 0) is 19.1 Å². The maximum absolute atomic E-state index is 12.5. The Balaban J connectivity index is 1.69. The molecule has 2 aliphatic heterocycles. The first-order valence-corrected chi connectivity index (χ1v) is 9.01. The van der Waals surface area contributed by atoms with Crippen molar-refractivity contribution in [2.24, 2.45) is 0 Å². The summed E-state index contributed by atoms with van der Waals surface area (Å²) >= 11 is 0. The van der Waals surface area contributed by atoms with Crippen LogP contribution in [0.2, 0.25) is 0 Å². The molecule has 2 amide bonds. The van der Waals surface area contributed by atoms with E-state index < -0.39 is 18.1 Å². The summed E-state index contributed by atoms with van der Waals surface area (Å²) in [5.74, 6) is -0.774. The largest absolute Gasteiger partial charge is 0.452 e. The van der Waals surface area contributed by atoms with Gasteiger partial charge in [0.05, 0.1) is 12.5 Å². The molecule has 2 atom stereocenters. The smallest absolute Gasteiger partial charge is 0.309 e. The zero-order valence-corrected chi connectivity index (χ0v) is 15.2. The van der Waals surface area contributed by atoms with Crippen LogP contribution in [0.15, 0.2) is 30.5 Å². The molecule has 3 rings (SSSR count). The Morgan fingerprint density at radius 1 is 1.19 bits per heavy atom. The molecule has 138 valence electrons. The molecule has 0 bridgehead atoms. The first kappa shape index (κ1) is 18.2. The summed E-state index contributed by atoms with van der Waals surface area (Å²) < 4.78 is 5.38. The van der Waals surface area contributed by atoms with Crippen molar-refractivity contribution >= 4 is 23.9 Å². The van der Waals surface area contributed by atoms with E-state index in [2.05, 4.69) is 0 Å². The van der Waals surface area contributed by atoms with E-state index in [9.17, 15) is 14.4 Å². The number of fused-ring (bicyclic) bond motifs is 1. The van der Waals surface area contributed by atoms with E-state index in [4.69, 9.17) is 4.74 Å². The van der Waals surface area contributed by atoms with Crippen molar-refractivity contribution in [3.8, 4) is 0 Å². The summed E-state index contributed by atoms with van der Waals surface area (Å²) in [6, 6.07) is 7.23. The highest BCUT2D eigenvalue weighted by atomic mass is 16.5. The van der Waals surface area contributed by atoms with Gasteiger partial charge in [-0.25, -0.2) is 0 Å². The van der Waals surface area contributed by atoms with Crippen LogP contribution in [-0.4, -0.2) is 46.8 Å². The lowest BCUT2D eigenvalue weighted by molar-refractivity contribution is -0.159. The van der Waals surface area contributed by atoms with Crippen molar-refractivity contribution in [2.45, 2.75) is 45.3 Å². The number of hydrogen-bond acceptors (Lipinski definition) is 4. The molecule has 0 radical (unpaired) electrons. The predicted octanol–water partition coefficient (Wildman–Crippen LogP) is 2.50. The highest BCUT2D eigenvalue weighted by molar-refractivity contribution is 5.84. The second kappa shape index (κ2) is 7.72. The normalized spacial score (nSPS) is 19.8. The fraction of sp³-hybridized carbons (Fsp3) is 0.450. The van der Waals surface area contributed by atoms with E-state index in [-0.39, 0.29) is 18.2 Å². The Morgan fingerprint density at radius 2 is 1.88 bits per heavy atom. The van der Waals surface area contributed by atoms with E-state index in [1.807, 2.05) is 30.3 Å². The molecule has 6 nitrogen and oxygen atoms in total. The van der Waals surface area contributed by atoms with Crippen molar-refractivity contribution in [1.29, 1.82) is 0 Å². The van der Waals surface area contributed by atoms with Crippen LogP contribution in [0.25, 0.3) is 6.08 Å². The molecule has 2 aliphatic rings. The van der Waals surface area contributed by atoms with E-state index in [1.54, 1.807) is 18.0 Å². The van der Waals surface area contributed by atoms with Crippen molar-refractivity contribution in [3.05, 3.63) is 41.6 Å². The highest BCUT2D eigenvalue weighted by Crippen LogP contribution is 2.33. The lowest BCUT2D eigenvalue weighted by atomic mass is 9.94. The molecule has 0 aliphatic carbocycles. The van der Waals surface area contributed by atoms with Gasteiger partial charge in [-0.1, -0.05) is 24.3 Å². The van der Waals surface area contributed by atoms with Crippen LogP contribution in [0.3, 0.4) is 0 Å². The molecular weight excluding hydrogens is 332 g/mol. The van der Waals surface area contributed by atoms with Crippen LogP contribution in [0.5, 0.6) is 0 Å². The minimum Gasteiger partial charge on any atom is -0.452 e. The molecule has 0 aromatic heterocycles. The van der Waals surface area contributed by atoms with Gasteiger partial charge in [0.15, 0.2) is 6.10 Å². The topological polar surface area (TPSA) is 66.9 Å². The second-order valence-electron chi connectivity index (χ2n) is 6.76. The lowest BCUT2D eigenvalue weighted by Gasteiger charge is -2.32. The number of esters is 1. The van der Waals surface area contributed by atoms with Crippen LogP contribution >= 0.6 is 0 Å². The number of likely N-dealkylation sites (tertiary alicyclic amines) is 1. The maximum atomic E-state index is 12.5. The zero-order chi connectivity index (χ0) is 18.7. The Hall–Kier alpha value is -2.63. The summed E-state index contributed by atoms with van der Waals surface area (Å²) in [5, 5.41) is 0. The third kappa shape index (κ3) is 3.79. The third-order valence-electron chi connectivity index (χ3n) is 4.90. The van der Waals surface area contributed by atoms with Crippen molar-refractivity contribution in [3.63, 3.8) is 0 Å². The van der Waals surface area contributed by atoms with Gasteiger partial charge in [0, 0.05) is 26.2 Å². The molecule has 1 saturated heterocycles. The van der Waals surface area contributed by atoms with Gasteiger partial charge in [0.25, 0.3) is 5.91 Å². The predicted molar refractivity (Wildman–Crippen MR) is 96.7 cm³/mol. The summed E-state index contributed by atoms with van der Waals surface area (Å²) in [4.78, 5) is 40.0. The Morgan fingerprint density at radius 3 is 2.58 bits per heavy atom. The fourth-order valence-electron chi connectivity index (χ4n) is 3.56. The minimum absolute atomic E-state index is 0.0125. The van der Waals surface area contributed by atoms with Gasteiger partial charge < -0.3 is 14.5 Å². The third-order valence-corrected chi connectivity index (χ3v) is 4.90. The number of carbonyl (C=O) groups is 3. The van der Waals surface area contributed by atoms with Gasteiger partial charge in [0.1, 0.15) is 0 Å². The van der Waals surface area contributed by atoms with Gasteiger partial charge in [-0.2, -0.15) is 0 Å². The van der Waals surface area contributed by atoms with Gasteiger partial charge in [-0.3, -0.25) is 14.4 Å². The van der Waals surface area contributed by atoms with E-state index in [0.29, 0.717) is 0 Å². The number of hydrogen-bond donors (Lipinski definition) is 0. The number of benzene rings is 1. The van der Waals surface area contributed by atoms with Crippen molar-refractivity contribution < 1.29 is 19.1 Å². The number of carbonyl (C=O) groups excluding carboxylic acids is 3. The van der Waals surface area contributed by atoms with Crippen LogP contribution in [0.4, 0.5) is 0 Å². The summed E-state index contributed by atoms with van der Waals surface area (Å²) in [6.45, 7) is 4.52. The van der Waals surface area contributed by atoms with Crippen molar-refractivity contribution in [1.82, 2.24) is 9.80 Å². The Kier molecular flexibility index (Phi) is 5.40. The number of ether oxygens (including phenoxy) is 1. The maximum Gasteiger partial charge on any atom is 0.309 e. The molecule has 1 fully saturated rings. The SMILES string of the molecule is CC(=O)N1C=Cc2ccccc2C1CC(=O)OC(C)C(=O)N1CCCC1. The molecular formula is C20H24N2O4. The number of rotatable bonds is 4. The van der Waals surface area contributed by atoms with Gasteiger partial charge in [0.2, 0.25) is 5.91 Å². The van der Waals surface area contributed by atoms with E-state index in [0.717, 1.165) is 37.1 Å². The van der Waals surface area contributed by atoms with E-state index >= 15 is 0 Å². The lowest BCUT2D eigenvalue weighted by Crippen LogP contribution is -2.39. The summed E-state index contributed by atoms with van der Waals surface area (Å²) in [6.07, 6.45) is 4.75. The molecule has 2 heterocycles. The minimum atomic E-state index is -0.805. The van der Waals surface area contributed by atoms with Gasteiger partial charge >= 0.3 is 5.97 Å². The summed E-state index contributed by atoms with van der Waals surface area (Å²) in [5.41, 5.74) is 1.88. The molecule has 6 heteroatoms. The number of nitrogens with zero attached hydrogens (tertiary/aromatic N) is 2. The Bertz CT molecular complexity index is 737. The molecule has 26 heavy (non-hydrogen) atoms. The standard InChI is InChI=1S/C20H24N2O4/c1-14(20(25)21-10-5-6-11-21)26-19(24)13-18-17-8-4-3-7-16(17)9-12-22(18)15(2)23/h3-4,7-9,12,14,18H,5-6,10-11,13H2,1-2H3. The van der Waals surface area contributed by atoms with E-state index in [1.165, 1.54) is 11.8 Å². The van der Waals surface area contributed by atoms with Crippen LogP contribution < -0.4 is 0 Å².